The second-order valence-corrected chi connectivity index (χ2v) is 4.61. The van der Waals surface area contributed by atoms with Crippen LogP contribution in [0.3, 0.4) is 0 Å². The standard InChI is InChI=1S/C16H15NO2/c18-15-14(11-12-7-3-1-4-8-12)19-16(17-15)13-9-5-2-6-10-13/h1-10,14,16H,11H2,(H,17,18)/t14-,16+/m1/s1. The van der Waals surface area contributed by atoms with E-state index < -0.39 is 6.10 Å². The summed E-state index contributed by atoms with van der Waals surface area (Å²) in [6.45, 7) is 0. The number of hydrogen-bond acceptors (Lipinski definition) is 2. The van der Waals surface area contributed by atoms with Crippen LogP contribution in [0, 0.1) is 0 Å². The Morgan fingerprint density at radius 2 is 1.58 bits per heavy atom. The highest BCUT2D eigenvalue weighted by Gasteiger charge is 2.33. The van der Waals surface area contributed by atoms with Gasteiger partial charge in [-0.3, -0.25) is 4.79 Å². The van der Waals surface area contributed by atoms with Crippen molar-refractivity contribution in [2.45, 2.75) is 18.8 Å². The fourth-order valence-electron chi connectivity index (χ4n) is 2.24. The van der Waals surface area contributed by atoms with Gasteiger partial charge in [0.15, 0.2) is 6.23 Å². The van der Waals surface area contributed by atoms with Gasteiger partial charge in [-0.25, -0.2) is 0 Å². The van der Waals surface area contributed by atoms with E-state index in [0.29, 0.717) is 6.42 Å². The monoisotopic (exact) mass is 253 g/mol. The highest BCUT2D eigenvalue weighted by molar-refractivity contribution is 5.83. The summed E-state index contributed by atoms with van der Waals surface area (Å²) in [5, 5.41) is 2.88. The minimum Gasteiger partial charge on any atom is -0.341 e. The molecule has 0 radical (unpaired) electrons. The van der Waals surface area contributed by atoms with Gasteiger partial charge in [0.05, 0.1) is 0 Å². The van der Waals surface area contributed by atoms with Crippen LogP contribution < -0.4 is 5.32 Å². The summed E-state index contributed by atoms with van der Waals surface area (Å²) in [4.78, 5) is 11.9. The maximum absolute atomic E-state index is 11.9. The number of amides is 1. The topological polar surface area (TPSA) is 38.3 Å². The number of carbonyl (C=O) groups is 1. The Bertz CT molecular complexity index is 553. The van der Waals surface area contributed by atoms with E-state index in [1.54, 1.807) is 0 Å². The molecule has 0 spiro atoms. The van der Waals surface area contributed by atoms with Crippen molar-refractivity contribution < 1.29 is 9.53 Å². The fraction of sp³-hybridized carbons (Fsp3) is 0.188. The molecule has 0 aromatic heterocycles. The van der Waals surface area contributed by atoms with Gasteiger partial charge in [-0.2, -0.15) is 0 Å². The largest absolute Gasteiger partial charge is 0.341 e. The van der Waals surface area contributed by atoms with Crippen molar-refractivity contribution >= 4 is 5.91 Å². The van der Waals surface area contributed by atoms with Gasteiger partial charge < -0.3 is 10.1 Å². The van der Waals surface area contributed by atoms with E-state index in [-0.39, 0.29) is 12.1 Å². The number of benzene rings is 2. The minimum absolute atomic E-state index is 0.0438. The lowest BCUT2D eigenvalue weighted by atomic mass is 10.1. The first-order valence-electron chi connectivity index (χ1n) is 6.37. The summed E-state index contributed by atoms with van der Waals surface area (Å²) in [6, 6.07) is 19.6. The molecule has 19 heavy (non-hydrogen) atoms. The van der Waals surface area contributed by atoms with Gasteiger partial charge in [-0.1, -0.05) is 60.7 Å². The number of hydrogen-bond donors (Lipinski definition) is 1. The van der Waals surface area contributed by atoms with Crippen LogP contribution in [-0.4, -0.2) is 12.0 Å². The predicted molar refractivity (Wildman–Crippen MR) is 72.3 cm³/mol. The average Bonchev–Trinajstić information content (AvgIpc) is 2.82. The quantitative estimate of drug-likeness (QED) is 0.912. The molecule has 2 aromatic rings. The Balaban J connectivity index is 1.71. The predicted octanol–water partition coefficient (Wildman–Crippen LogP) is 2.44. The Morgan fingerprint density at radius 3 is 2.26 bits per heavy atom. The van der Waals surface area contributed by atoms with Crippen molar-refractivity contribution in [1.82, 2.24) is 5.32 Å². The Hall–Kier alpha value is -2.13. The van der Waals surface area contributed by atoms with Gasteiger partial charge in [-0.05, 0) is 5.56 Å². The molecule has 1 saturated heterocycles. The van der Waals surface area contributed by atoms with Crippen LogP contribution in [0.25, 0.3) is 0 Å². The van der Waals surface area contributed by atoms with E-state index in [0.717, 1.165) is 11.1 Å². The molecule has 0 bridgehead atoms. The van der Waals surface area contributed by atoms with Gasteiger partial charge in [0, 0.05) is 12.0 Å². The van der Waals surface area contributed by atoms with E-state index in [1.165, 1.54) is 0 Å². The molecule has 1 amide bonds. The molecule has 0 saturated carbocycles. The average molecular weight is 253 g/mol. The lowest BCUT2D eigenvalue weighted by Crippen LogP contribution is -2.25. The molecule has 3 rings (SSSR count). The molecule has 2 atom stereocenters. The third-order valence-corrected chi connectivity index (χ3v) is 3.23. The maximum Gasteiger partial charge on any atom is 0.251 e. The van der Waals surface area contributed by atoms with Crippen LogP contribution in [-0.2, 0) is 16.0 Å². The van der Waals surface area contributed by atoms with Crippen molar-refractivity contribution in [3.8, 4) is 0 Å². The van der Waals surface area contributed by atoms with Crippen molar-refractivity contribution in [3.63, 3.8) is 0 Å². The molecule has 3 heteroatoms. The Labute approximate surface area is 112 Å². The Kier molecular flexibility index (Phi) is 3.29. The zero-order chi connectivity index (χ0) is 13.1. The molecule has 1 heterocycles. The molecule has 0 aliphatic carbocycles. The van der Waals surface area contributed by atoms with Gasteiger partial charge in [-0.15, -0.1) is 0 Å². The van der Waals surface area contributed by atoms with E-state index in [9.17, 15) is 4.79 Å². The first-order chi connectivity index (χ1) is 9.33. The van der Waals surface area contributed by atoms with Gasteiger partial charge >= 0.3 is 0 Å². The summed E-state index contributed by atoms with van der Waals surface area (Å²) < 4.78 is 5.80. The lowest BCUT2D eigenvalue weighted by Gasteiger charge is -2.11. The van der Waals surface area contributed by atoms with Crippen molar-refractivity contribution in [3.05, 3.63) is 71.8 Å². The molecule has 3 nitrogen and oxygen atoms in total. The highest BCUT2D eigenvalue weighted by Crippen LogP contribution is 2.23. The third-order valence-electron chi connectivity index (χ3n) is 3.23. The lowest BCUT2D eigenvalue weighted by molar-refractivity contribution is -0.123. The summed E-state index contributed by atoms with van der Waals surface area (Å²) in [5.41, 5.74) is 2.09. The van der Waals surface area contributed by atoms with E-state index in [1.807, 2.05) is 60.7 Å². The van der Waals surface area contributed by atoms with Gasteiger partial charge in [0.25, 0.3) is 5.91 Å². The molecular formula is C16H15NO2. The van der Waals surface area contributed by atoms with Crippen LogP contribution in [0.2, 0.25) is 0 Å². The molecule has 1 aliphatic rings. The summed E-state index contributed by atoms with van der Waals surface area (Å²) in [6.07, 6.45) is -0.134. The summed E-state index contributed by atoms with van der Waals surface area (Å²) in [7, 11) is 0. The summed E-state index contributed by atoms with van der Waals surface area (Å²) >= 11 is 0. The van der Waals surface area contributed by atoms with E-state index in [2.05, 4.69) is 5.32 Å². The zero-order valence-corrected chi connectivity index (χ0v) is 10.5. The third kappa shape index (κ3) is 2.66. The van der Waals surface area contributed by atoms with Crippen LogP contribution >= 0.6 is 0 Å². The van der Waals surface area contributed by atoms with Crippen LogP contribution in [0.15, 0.2) is 60.7 Å². The number of rotatable bonds is 3. The summed E-state index contributed by atoms with van der Waals surface area (Å²) in [5.74, 6) is -0.0438. The molecule has 0 unspecified atom stereocenters. The van der Waals surface area contributed by atoms with Crippen LogP contribution in [0.5, 0.6) is 0 Å². The maximum atomic E-state index is 11.9. The first-order valence-corrected chi connectivity index (χ1v) is 6.37. The van der Waals surface area contributed by atoms with Crippen molar-refractivity contribution in [1.29, 1.82) is 0 Å². The van der Waals surface area contributed by atoms with Gasteiger partial charge in [0.2, 0.25) is 0 Å². The SMILES string of the molecule is O=C1N[C@H](c2ccccc2)O[C@@H]1Cc1ccccc1. The van der Waals surface area contributed by atoms with E-state index in [4.69, 9.17) is 4.74 Å². The first kappa shape index (κ1) is 11.9. The van der Waals surface area contributed by atoms with Crippen LogP contribution in [0.4, 0.5) is 0 Å². The molecule has 2 aromatic carbocycles. The smallest absolute Gasteiger partial charge is 0.251 e. The van der Waals surface area contributed by atoms with Crippen molar-refractivity contribution in [2.24, 2.45) is 0 Å². The number of ether oxygens (including phenoxy) is 1. The van der Waals surface area contributed by atoms with E-state index >= 15 is 0 Å². The second-order valence-electron chi connectivity index (χ2n) is 4.61. The van der Waals surface area contributed by atoms with Crippen molar-refractivity contribution in [2.75, 3.05) is 0 Å². The molecule has 1 fully saturated rings. The number of nitrogens with one attached hydrogen (secondary N) is 1. The zero-order valence-electron chi connectivity index (χ0n) is 10.5. The minimum atomic E-state index is -0.410. The molecule has 1 aliphatic heterocycles. The molecule has 96 valence electrons. The normalized spacial score (nSPS) is 22.2. The molecular weight excluding hydrogens is 238 g/mol. The van der Waals surface area contributed by atoms with Gasteiger partial charge in [0.1, 0.15) is 6.10 Å². The number of carbonyl (C=O) groups excluding carboxylic acids is 1. The Morgan fingerprint density at radius 1 is 0.947 bits per heavy atom. The molecule has 1 N–H and O–H groups in total. The second kappa shape index (κ2) is 5.24. The highest BCUT2D eigenvalue weighted by atomic mass is 16.5. The van der Waals surface area contributed by atoms with Crippen LogP contribution in [0.1, 0.15) is 17.4 Å². The fourth-order valence-corrected chi connectivity index (χ4v) is 2.24.